The minimum atomic E-state index is 0.221. The summed E-state index contributed by atoms with van der Waals surface area (Å²) in [6.45, 7) is 2.85. The summed E-state index contributed by atoms with van der Waals surface area (Å²) in [5.74, 6) is 1.15. The fourth-order valence-electron chi connectivity index (χ4n) is 1.56. The molecule has 1 aliphatic heterocycles. The third kappa shape index (κ3) is 1.93. The Morgan fingerprint density at radius 2 is 2.43 bits per heavy atom. The summed E-state index contributed by atoms with van der Waals surface area (Å²) in [6.07, 6.45) is 4.41. The number of ether oxygens (including phenoxy) is 1. The van der Waals surface area contributed by atoms with E-state index in [4.69, 9.17) is 10.5 Å². The second kappa shape index (κ2) is 3.79. The normalized spacial score (nSPS) is 26.4. The first-order chi connectivity index (χ1) is 6.75. The van der Waals surface area contributed by atoms with E-state index in [1.165, 1.54) is 6.20 Å². The van der Waals surface area contributed by atoms with Crippen LogP contribution < -0.4 is 11.1 Å². The van der Waals surface area contributed by atoms with Gasteiger partial charge in [0.2, 0.25) is 0 Å². The smallest absolute Gasteiger partial charge is 0.147 e. The van der Waals surface area contributed by atoms with E-state index in [2.05, 4.69) is 15.3 Å². The maximum absolute atomic E-state index is 5.52. The van der Waals surface area contributed by atoms with Crippen LogP contribution in [0.15, 0.2) is 12.4 Å². The molecule has 0 spiro atoms. The van der Waals surface area contributed by atoms with Gasteiger partial charge in [0, 0.05) is 6.61 Å². The maximum Gasteiger partial charge on any atom is 0.147 e. The molecule has 14 heavy (non-hydrogen) atoms. The van der Waals surface area contributed by atoms with E-state index in [1.807, 2.05) is 6.92 Å². The minimum Gasteiger partial charge on any atom is -0.382 e. The van der Waals surface area contributed by atoms with Gasteiger partial charge >= 0.3 is 0 Å². The highest BCUT2D eigenvalue weighted by atomic mass is 16.5. The van der Waals surface area contributed by atoms with Gasteiger partial charge in [0.25, 0.3) is 0 Å². The molecule has 1 aromatic rings. The number of nitrogens with two attached hydrogens (primary N) is 1. The molecule has 0 aliphatic carbocycles. The third-order valence-corrected chi connectivity index (χ3v) is 2.36. The Balaban J connectivity index is 2.03. The van der Waals surface area contributed by atoms with Crippen molar-refractivity contribution in [3.8, 4) is 0 Å². The van der Waals surface area contributed by atoms with Crippen LogP contribution in [0.5, 0.6) is 0 Å². The molecule has 0 aromatic carbocycles. The molecule has 5 heteroatoms. The molecule has 0 bridgehead atoms. The van der Waals surface area contributed by atoms with E-state index in [-0.39, 0.29) is 6.10 Å². The lowest BCUT2D eigenvalue weighted by atomic mass is 10.1. The monoisotopic (exact) mass is 194 g/mol. The zero-order chi connectivity index (χ0) is 9.97. The van der Waals surface area contributed by atoms with E-state index in [0.29, 0.717) is 17.7 Å². The number of hydrogen-bond acceptors (Lipinski definition) is 5. The van der Waals surface area contributed by atoms with Gasteiger partial charge in [-0.15, -0.1) is 0 Å². The largest absolute Gasteiger partial charge is 0.382 e. The SMILES string of the molecule is CC1OCCC1Nc1cncc(N)n1. The molecule has 2 atom stereocenters. The van der Waals surface area contributed by atoms with Crippen LogP contribution in [0, 0.1) is 0 Å². The average Bonchev–Trinajstić information content (AvgIpc) is 2.52. The van der Waals surface area contributed by atoms with Gasteiger partial charge < -0.3 is 15.8 Å². The van der Waals surface area contributed by atoms with Gasteiger partial charge in [-0.2, -0.15) is 0 Å². The van der Waals surface area contributed by atoms with Crippen molar-refractivity contribution >= 4 is 11.6 Å². The number of hydrogen-bond donors (Lipinski definition) is 2. The van der Waals surface area contributed by atoms with Crippen molar-refractivity contribution in [2.24, 2.45) is 0 Å². The highest BCUT2D eigenvalue weighted by Crippen LogP contribution is 2.17. The van der Waals surface area contributed by atoms with Gasteiger partial charge in [-0.1, -0.05) is 0 Å². The summed E-state index contributed by atoms with van der Waals surface area (Å²) in [5, 5.41) is 3.25. The third-order valence-electron chi connectivity index (χ3n) is 2.36. The van der Waals surface area contributed by atoms with E-state index < -0.39 is 0 Å². The number of anilines is 2. The van der Waals surface area contributed by atoms with Crippen LogP contribution >= 0.6 is 0 Å². The molecule has 2 heterocycles. The maximum atomic E-state index is 5.52. The molecule has 1 saturated heterocycles. The highest BCUT2D eigenvalue weighted by Gasteiger charge is 2.24. The Kier molecular flexibility index (Phi) is 2.49. The number of rotatable bonds is 2. The summed E-state index contributed by atoms with van der Waals surface area (Å²) >= 11 is 0. The topological polar surface area (TPSA) is 73.1 Å². The molecule has 0 saturated carbocycles. The van der Waals surface area contributed by atoms with Gasteiger partial charge in [0.05, 0.1) is 24.5 Å². The van der Waals surface area contributed by atoms with E-state index in [9.17, 15) is 0 Å². The number of nitrogen functional groups attached to an aromatic ring is 1. The lowest BCUT2D eigenvalue weighted by Crippen LogP contribution is -2.27. The van der Waals surface area contributed by atoms with Crippen LogP contribution in [0.4, 0.5) is 11.6 Å². The second-order valence-electron chi connectivity index (χ2n) is 3.44. The lowest BCUT2D eigenvalue weighted by Gasteiger charge is -2.16. The molecule has 3 N–H and O–H groups in total. The molecule has 1 aromatic heterocycles. The summed E-state index contributed by atoms with van der Waals surface area (Å²) in [7, 11) is 0. The van der Waals surface area contributed by atoms with Crippen LogP contribution in [0.25, 0.3) is 0 Å². The first-order valence-corrected chi connectivity index (χ1v) is 4.71. The molecule has 1 aliphatic rings. The summed E-state index contributed by atoms with van der Waals surface area (Å²) < 4.78 is 5.43. The zero-order valence-electron chi connectivity index (χ0n) is 8.10. The Morgan fingerprint density at radius 1 is 1.57 bits per heavy atom. The van der Waals surface area contributed by atoms with Crippen molar-refractivity contribution in [2.75, 3.05) is 17.7 Å². The van der Waals surface area contributed by atoms with Gasteiger partial charge in [-0.05, 0) is 13.3 Å². The molecular formula is C9H14N4O. The lowest BCUT2D eigenvalue weighted by molar-refractivity contribution is 0.121. The Labute approximate surface area is 82.7 Å². The second-order valence-corrected chi connectivity index (χ2v) is 3.44. The quantitative estimate of drug-likeness (QED) is 0.723. The van der Waals surface area contributed by atoms with Crippen LogP contribution in [0.2, 0.25) is 0 Å². The first-order valence-electron chi connectivity index (χ1n) is 4.71. The van der Waals surface area contributed by atoms with E-state index in [1.54, 1.807) is 6.20 Å². The fraction of sp³-hybridized carbons (Fsp3) is 0.556. The van der Waals surface area contributed by atoms with Crippen molar-refractivity contribution in [3.63, 3.8) is 0 Å². The molecule has 1 fully saturated rings. The average molecular weight is 194 g/mol. The summed E-state index contributed by atoms with van der Waals surface area (Å²) in [5.41, 5.74) is 5.52. The molecule has 5 nitrogen and oxygen atoms in total. The van der Waals surface area contributed by atoms with Crippen molar-refractivity contribution in [3.05, 3.63) is 12.4 Å². The Morgan fingerprint density at radius 3 is 3.07 bits per heavy atom. The van der Waals surface area contributed by atoms with Crippen molar-refractivity contribution in [1.29, 1.82) is 0 Å². The van der Waals surface area contributed by atoms with Crippen molar-refractivity contribution < 1.29 is 4.74 Å². The van der Waals surface area contributed by atoms with E-state index in [0.717, 1.165) is 13.0 Å². The van der Waals surface area contributed by atoms with Gasteiger partial charge in [0.1, 0.15) is 11.6 Å². The minimum absolute atomic E-state index is 0.221. The van der Waals surface area contributed by atoms with Gasteiger partial charge in [0.15, 0.2) is 0 Å². The van der Waals surface area contributed by atoms with E-state index >= 15 is 0 Å². The summed E-state index contributed by atoms with van der Waals surface area (Å²) in [4.78, 5) is 8.08. The Bertz CT molecular complexity index is 317. The van der Waals surface area contributed by atoms with Crippen LogP contribution in [0.3, 0.4) is 0 Å². The standard InChI is InChI=1S/C9H14N4O/c1-6-7(2-3-14-6)12-9-5-11-4-8(10)13-9/h4-7H,2-3H2,1H3,(H3,10,12,13). The molecule has 76 valence electrons. The molecular weight excluding hydrogens is 180 g/mol. The number of nitrogens with one attached hydrogen (secondary N) is 1. The molecule has 0 radical (unpaired) electrons. The van der Waals surface area contributed by atoms with Crippen LogP contribution in [-0.2, 0) is 4.74 Å². The highest BCUT2D eigenvalue weighted by molar-refractivity contribution is 5.39. The predicted molar refractivity (Wildman–Crippen MR) is 53.9 cm³/mol. The van der Waals surface area contributed by atoms with Crippen molar-refractivity contribution in [1.82, 2.24) is 9.97 Å². The van der Waals surface area contributed by atoms with Gasteiger partial charge in [-0.25, -0.2) is 4.98 Å². The van der Waals surface area contributed by atoms with Crippen LogP contribution in [0.1, 0.15) is 13.3 Å². The molecule has 2 unspecified atom stereocenters. The number of nitrogens with zero attached hydrogens (tertiary/aromatic N) is 2. The summed E-state index contributed by atoms with van der Waals surface area (Å²) in [6, 6.07) is 0.311. The number of aromatic nitrogens is 2. The Hall–Kier alpha value is -1.36. The molecule has 2 rings (SSSR count). The zero-order valence-corrected chi connectivity index (χ0v) is 8.10. The molecule has 0 amide bonds. The predicted octanol–water partition coefficient (Wildman–Crippen LogP) is 0.648. The first kappa shape index (κ1) is 9.21. The van der Waals surface area contributed by atoms with Gasteiger partial charge in [-0.3, -0.25) is 4.98 Å². The fourth-order valence-corrected chi connectivity index (χ4v) is 1.56. The van der Waals surface area contributed by atoms with Crippen LogP contribution in [-0.4, -0.2) is 28.7 Å². The van der Waals surface area contributed by atoms with Crippen molar-refractivity contribution in [2.45, 2.75) is 25.5 Å².